The first-order chi connectivity index (χ1) is 8.17. The Morgan fingerprint density at radius 2 is 2.18 bits per heavy atom. The predicted octanol–water partition coefficient (Wildman–Crippen LogP) is 2.17. The van der Waals surface area contributed by atoms with Gasteiger partial charge in [0.2, 0.25) is 5.88 Å². The molecule has 17 heavy (non-hydrogen) atoms. The molecule has 2 aromatic rings. The van der Waals surface area contributed by atoms with E-state index in [-0.39, 0.29) is 0 Å². The van der Waals surface area contributed by atoms with Crippen LogP contribution >= 0.6 is 11.3 Å². The van der Waals surface area contributed by atoms with Crippen molar-refractivity contribution < 1.29 is 4.74 Å². The molecule has 0 fully saturated rings. The van der Waals surface area contributed by atoms with E-state index in [0.717, 1.165) is 10.8 Å². The number of aromatic nitrogens is 3. The van der Waals surface area contributed by atoms with Crippen molar-refractivity contribution in [3.63, 3.8) is 0 Å². The minimum atomic E-state index is 0.565. The van der Waals surface area contributed by atoms with Gasteiger partial charge in [-0.05, 0) is 13.8 Å². The zero-order valence-electron chi connectivity index (χ0n) is 10.0. The zero-order valence-corrected chi connectivity index (χ0v) is 10.8. The Balaban J connectivity index is 2.05. The van der Waals surface area contributed by atoms with Crippen molar-refractivity contribution in [1.29, 1.82) is 0 Å². The maximum Gasteiger partial charge on any atom is 0.218 e. The second-order valence-corrected chi connectivity index (χ2v) is 4.88. The number of rotatable bonds is 4. The predicted molar refractivity (Wildman–Crippen MR) is 67.5 cm³/mol. The number of thiazole rings is 1. The van der Waals surface area contributed by atoms with Crippen LogP contribution in [0.25, 0.3) is 0 Å². The van der Waals surface area contributed by atoms with Crippen LogP contribution < -0.4 is 10.1 Å². The van der Waals surface area contributed by atoms with Gasteiger partial charge in [0.15, 0.2) is 0 Å². The molecule has 0 bridgehead atoms. The number of anilines is 1. The largest absolute Gasteiger partial charge is 0.481 e. The Morgan fingerprint density at radius 1 is 1.35 bits per heavy atom. The molecule has 5 nitrogen and oxygen atoms in total. The molecule has 0 aromatic carbocycles. The van der Waals surface area contributed by atoms with Gasteiger partial charge < -0.3 is 10.1 Å². The van der Waals surface area contributed by atoms with Crippen LogP contribution in [-0.4, -0.2) is 22.1 Å². The van der Waals surface area contributed by atoms with Gasteiger partial charge in [0, 0.05) is 17.1 Å². The van der Waals surface area contributed by atoms with E-state index in [2.05, 4.69) is 20.3 Å². The summed E-state index contributed by atoms with van der Waals surface area (Å²) in [6, 6.07) is 1.77. The highest BCUT2D eigenvalue weighted by Crippen LogP contribution is 2.16. The summed E-state index contributed by atoms with van der Waals surface area (Å²) in [5, 5.41) is 4.25. The van der Waals surface area contributed by atoms with Crippen molar-refractivity contribution in [3.8, 4) is 5.88 Å². The van der Waals surface area contributed by atoms with Crippen LogP contribution in [0.1, 0.15) is 15.7 Å². The molecule has 1 N–H and O–H groups in total. The van der Waals surface area contributed by atoms with Crippen LogP contribution in [0.5, 0.6) is 5.88 Å². The second-order valence-electron chi connectivity index (χ2n) is 3.56. The number of aryl methyl sites for hydroxylation is 2. The molecular formula is C11H14N4OS. The van der Waals surface area contributed by atoms with E-state index in [1.165, 1.54) is 4.88 Å². The third kappa shape index (κ3) is 3.13. The summed E-state index contributed by atoms with van der Waals surface area (Å²) in [7, 11) is 1.59. The van der Waals surface area contributed by atoms with Gasteiger partial charge in [-0.15, -0.1) is 11.3 Å². The summed E-state index contributed by atoms with van der Waals surface area (Å²) in [6.07, 6.45) is 1.87. The number of ether oxygens (including phenoxy) is 1. The van der Waals surface area contributed by atoms with Gasteiger partial charge in [0.1, 0.15) is 16.6 Å². The number of methoxy groups -OCH3 is 1. The Labute approximate surface area is 104 Å². The van der Waals surface area contributed by atoms with Crippen LogP contribution in [-0.2, 0) is 6.54 Å². The SMILES string of the molecule is COc1cc(NCc2ncc(C)s2)nc(C)n1. The average molecular weight is 250 g/mol. The Kier molecular flexibility index (Phi) is 3.53. The van der Waals surface area contributed by atoms with Gasteiger partial charge in [-0.1, -0.05) is 0 Å². The lowest BCUT2D eigenvalue weighted by molar-refractivity contribution is 0.396. The molecule has 2 rings (SSSR count). The van der Waals surface area contributed by atoms with Crippen LogP contribution in [0.2, 0.25) is 0 Å². The van der Waals surface area contributed by atoms with Crippen LogP contribution in [0.4, 0.5) is 5.82 Å². The average Bonchev–Trinajstić information content (AvgIpc) is 2.72. The number of nitrogens with one attached hydrogen (secondary N) is 1. The molecule has 0 aliphatic carbocycles. The number of nitrogens with zero attached hydrogens (tertiary/aromatic N) is 3. The smallest absolute Gasteiger partial charge is 0.218 e. The summed E-state index contributed by atoms with van der Waals surface area (Å²) >= 11 is 1.67. The summed E-state index contributed by atoms with van der Waals surface area (Å²) in [4.78, 5) is 13.9. The van der Waals surface area contributed by atoms with Crippen molar-refractivity contribution in [2.75, 3.05) is 12.4 Å². The third-order valence-electron chi connectivity index (χ3n) is 2.11. The molecule has 2 heterocycles. The number of hydrogen-bond acceptors (Lipinski definition) is 6. The lowest BCUT2D eigenvalue weighted by Crippen LogP contribution is -2.03. The minimum absolute atomic E-state index is 0.565. The lowest BCUT2D eigenvalue weighted by atomic mass is 10.5. The van der Waals surface area contributed by atoms with Gasteiger partial charge in [0.25, 0.3) is 0 Å². The molecule has 0 spiro atoms. The fraction of sp³-hybridized carbons (Fsp3) is 0.364. The van der Waals surface area contributed by atoms with Crippen LogP contribution in [0, 0.1) is 13.8 Å². The quantitative estimate of drug-likeness (QED) is 0.901. The van der Waals surface area contributed by atoms with Crippen molar-refractivity contribution in [3.05, 3.63) is 28.0 Å². The van der Waals surface area contributed by atoms with Gasteiger partial charge in [-0.2, -0.15) is 4.98 Å². The van der Waals surface area contributed by atoms with Crippen LogP contribution in [0.3, 0.4) is 0 Å². The maximum absolute atomic E-state index is 5.09. The number of hydrogen-bond donors (Lipinski definition) is 1. The highest BCUT2D eigenvalue weighted by molar-refractivity contribution is 7.11. The molecule has 0 unspecified atom stereocenters. The molecule has 6 heteroatoms. The maximum atomic E-state index is 5.09. The van der Waals surface area contributed by atoms with E-state index in [1.807, 2.05) is 20.0 Å². The van der Waals surface area contributed by atoms with E-state index in [0.29, 0.717) is 18.2 Å². The second kappa shape index (κ2) is 5.09. The van der Waals surface area contributed by atoms with E-state index >= 15 is 0 Å². The van der Waals surface area contributed by atoms with Gasteiger partial charge >= 0.3 is 0 Å². The first-order valence-electron chi connectivity index (χ1n) is 5.22. The molecule has 0 saturated carbocycles. The minimum Gasteiger partial charge on any atom is -0.481 e. The van der Waals surface area contributed by atoms with E-state index in [4.69, 9.17) is 4.74 Å². The fourth-order valence-corrected chi connectivity index (χ4v) is 2.11. The molecule has 0 saturated heterocycles. The normalized spacial score (nSPS) is 10.3. The summed E-state index contributed by atoms with van der Waals surface area (Å²) in [5.74, 6) is 2.00. The monoisotopic (exact) mass is 250 g/mol. The summed E-state index contributed by atoms with van der Waals surface area (Å²) in [6.45, 7) is 4.54. The Morgan fingerprint density at radius 3 is 2.82 bits per heavy atom. The molecule has 0 radical (unpaired) electrons. The van der Waals surface area contributed by atoms with E-state index in [9.17, 15) is 0 Å². The van der Waals surface area contributed by atoms with E-state index in [1.54, 1.807) is 24.5 Å². The van der Waals surface area contributed by atoms with E-state index < -0.39 is 0 Å². The van der Waals surface area contributed by atoms with Crippen LogP contribution in [0.15, 0.2) is 12.3 Å². The highest BCUT2D eigenvalue weighted by atomic mass is 32.1. The first-order valence-corrected chi connectivity index (χ1v) is 6.04. The van der Waals surface area contributed by atoms with Gasteiger partial charge in [-0.3, -0.25) is 0 Å². The topological polar surface area (TPSA) is 59.9 Å². The summed E-state index contributed by atoms with van der Waals surface area (Å²) < 4.78 is 5.09. The summed E-state index contributed by atoms with van der Waals surface area (Å²) in [5.41, 5.74) is 0. The Hall–Kier alpha value is -1.69. The Bertz CT molecular complexity index is 512. The molecule has 0 amide bonds. The molecule has 90 valence electrons. The molecule has 0 atom stereocenters. The fourth-order valence-electron chi connectivity index (χ4n) is 1.38. The van der Waals surface area contributed by atoms with Crippen molar-refractivity contribution in [2.24, 2.45) is 0 Å². The first kappa shape index (κ1) is 11.8. The van der Waals surface area contributed by atoms with Crippen molar-refractivity contribution >= 4 is 17.2 Å². The molecule has 0 aliphatic heterocycles. The van der Waals surface area contributed by atoms with Crippen molar-refractivity contribution in [2.45, 2.75) is 20.4 Å². The molecular weight excluding hydrogens is 236 g/mol. The van der Waals surface area contributed by atoms with Gasteiger partial charge in [-0.25, -0.2) is 9.97 Å². The molecule has 0 aliphatic rings. The zero-order chi connectivity index (χ0) is 12.3. The van der Waals surface area contributed by atoms with Crippen molar-refractivity contribution in [1.82, 2.24) is 15.0 Å². The standard InChI is InChI=1S/C11H14N4OS/c1-7-5-13-11(17-7)6-12-9-4-10(16-3)15-8(2)14-9/h4-5H,6H2,1-3H3,(H,12,14,15). The molecule has 2 aromatic heterocycles. The van der Waals surface area contributed by atoms with Gasteiger partial charge in [0.05, 0.1) is 13.7 Å². The third-order valence-corrected chi connectivity index (χ3v) is 3.03. The highest BCUT2D eigenvalue weighted by Gasteiger charge is 2.03. The lowest BCUT2D eigenvalue weighted by Gasteiger charge is -2.06.